The molecule has 0 bridgehead atoms. The Morgan fingerprint density at radius 3 is 1.96 bits per heavy atom. The summed E-state index contributed by atoms with van der Waals surface area (Å²) in [6.45, 7) is 4.80. The lowest BCUT2D eigenvalue weighted by Gasteiger charge is -2.26. The molecule has 0 unspecified atom stereocenters. The molecule has 0 fully saturated rings. The number of aliphatic hydroxyl groups is 1. The third-order valence-corrected chi connectivity index (χ3v) is 3.97. The predicted molar refractivity (Wildman–Crippen MR) is 96.3 cm³/mol. The Labute approximate surface area is 144 Å². The maximum absolute atomic E-state index is 12.7. The van der Waals surface area contributed by atoms with Gasteiger partial charge < -0.3 is 10.0 Å². The molecule has 1 N–H and O–H groups in total. The fraction of sp³-hybridized carbons (Fsp3) is 0.350. The van der Waals surface area contributed by atoms with Crippen LogP contribution in [0.1, 0.15) is 18.1 Å². The maximum Gasteiger partial charge on any atom is 0.237 e. The first kappa shape index (κ1) is 18.2. The van der Waals surface area contributed by atoms with E-state index in [-0.39, 0.29) is 12.5 Å². The van der Waals surface area contributed by atoms with Crippen molar-refractivity contribution in [1.82, 2.24) is 9.80 Å². The zero-order valence-corrected chi connectivity index (χ0v) is 14.3. The van der Waals surface area contributed by atoms with E-state index in [0.29, 0.717) is 32.7 Å². The summed E-state index contributed by atoms with van der Waals surface area (Å²) in [6, 6.07) is 20.0. The molecule has 0 atom stereocenters. The zero-order chi connectivity index (χ0) is 17.2. The Balaban J connectivity index is 1.97. The van der Waals surface area contributed by atoms with Gasteiger partial charge in [-0.3, -0.25) is 9.69 Å². The summed E-state index contributed by atoms with van der Waals surface area (Å²) in [5.41, 5.74) is 2.27. The number of rotatable bonds is 9. The van der Waals surface area contributed by atoms with Gasteiger partial charge in [0.05, 0.1) is 13.2 Å². The summed E-state index contributed by atoms with van der Waals surface area (Å²) in [5, 5.41) is 9.29. The summed E-state index contributed by atoms with van der Waals surface area (Å²) < 4.78 is 0. The largest absolute Gasteiger partial charge is 0.395 e. The van der Waals surface area contributed by atoms with Crippen LogP contribution in [0.15, 0.2) is 60.7 Å². The van der Waals surface area contributed by atoms with Crippen molar-refractivity contribution in [2.24, 2.45) is 0 Å². The van der Waals surface area contributed by atoms with Gasteiger partial charge in [-0.15, -0.1) is 0 Å². The molecule has 0 spiro atoms. The molecule has 2 rings (SSSR count). The number of nitrogens with zero attached hydrogens (tertiary/aromatic N) is 2. The standard InChI is InChI=1S/C20H26N2O2/c1-2-22(16-19-11-7-4-8-12-19)20(24)17-21(13-14-23)15-18-9-5-3-6-10-18/h3-12,23H,2,13-17H2,1H3. The molecule has 0 heterocycles. The minimum Gasteiger partial charge on any atom is -0.395 e. The second-order valence-corrected chi connectivity index (χ2v) is 5.81. The minimum atomic E-state index is 0.0466. The van der Waals surface area contributed by atoms with Crippen molar-refractivity contribution >= 4 is 5.91 Å². The van der Waals surface area contributed by atoms with E-state index in [9.17, 15) is 9.90 Å². The topological polar surface area (TPSA) is 43.8 Å². The lowest BCUT2D eigenvalue weighted by molar-refractivity contribution is -0.133. The average Bonchev–Trinajstić information content (AvgIpc) is 2.61. The van der Waals surface area contributed by atoms with Crippen LogP contribution in [0.2, 0.25) is 0 Å². The number of carbonyl (C=O) groups excluding carboxylic acids is 1. The number of benzene rings is 2. The highest BCUT2D eigenvalue weighted by Crippen LogP contribution is 2.08. The summed E-state index contributed by atoms with van der Waals surface area (Å²) in [5.74, 6) is 0.0886. The van der Waals surface area contributed by atoms with Gasteiger partial charge in [0.25, 0.3) is 0 Å². The van der Waals surface area contributed by atoms with Crippen molar-refractivity contribution in [2.45, 2.75) is 20.0 Å². The number of carbonyl (C=O) groups is 1. The van der Waals surface area contributed by atoms with Crippen molar-refractivity contribution in [3.8, 4) is 0 Å². The van der Waals surface area contributed by atoms with Crippen molar-refractivity contribution < 1.29 is 9.90 Å². The molecule has 24 heavy (non-hydrogen) atoms. The van der Waals surface area contributed by atoms with Crippen LogP contribution < -0.4 is 0 Å². The van der Waals surface area contributed by atoms with Gasteiger partial charge in [0.2, 0.25) is 5.91 Å². The van der Waals surface area contributed by atoms with Crippen LogP contribution in [0, 0.1) is 0 Å². The van der Waals surface area contributed by atoms with Crippen molar-refractivity contribution in [2.75, 3.05) is 26.2 Å². The molecule has 0 aromatic heterocycles. The lowest BCUT2D eigenvalue weighted by Crippen LogP contribution is -2.40. The van der Waals surface area contributed by atoms with Gasteiger partial charge in [-0.25, -0.2) is 0 Å². The van der Waals surface area contributed by atoms with E-state index in [0.717, 1.165) is 11.1 Å². The molecular weight excluding hydrogens is 300 g/mol. The molecule has 0 aliphatic heterocycles. The van der Waals surface area contributed by atoms with Gasteiger partial charge in [-0.1, -0.05) is 60.7 Å². The quantitative estimate of drug-likeness (QED) is 0.770. The van der Waals surface area contributed by atoms with Gasteiger partial charge in [0.15, 0.2) is 0 Å². The monoisotopic (exact) mass is 326 g/mol. The van der Waals surface area contributed by atoms with E-state index in [1.165, 1.54) is 0 Å². The SMILES string of the molecule is CCN(Cc1ccccc1)C(=O)CN(CCO)Cc1ccccc1. The molecule has 2 aromatic carbocycles. The molecule has 0 radical (unpaired) electrons. The lowest BCUT2D eigenvalue weighted by atomic mass is 10.2. The van der Waals surface area contributed by atoms with Crippen molar-refractivity contribution in [3.05, 3.63) is 71.8 Å². The summed E-state index contributed by atoms with van der Waals surface area (Å²) in [7, 11) is 0. The second kappa shape index (κ2) is 9.85. The van der Waals surface area contributed by atoms with Crippen LogP contribution in [0.3, 0.4) is 0 Å². The highest BCUT2D eigenvalue weighted by molar-refractivity contribution is 5.78. The Bertz CT molecular complexity index is 602. The first-order chi connectivity index (χ1) is 11.7. The molecule has 0 saturated carbocycles. The second-order valence-electron chi connectivity index (χ2n) is 5.81. The Morgan fingerprint density at radius 1 is 0.917 bits per heavy atom. The number of hydrogen-bond donors (Lipinski definition) is 1. The first-order valence-corrected chi connectivity index (χ1v) is 8.41. The number of hydrogen-bond acceptors (Lipinski definition) is 3. The van der Waals surface area contributed by atoms with E-state index in [2.05, 4.69) is 0 Å². The van der Waals surface area contributed by atoms with Crippen LogP contribution in [0.4, 0.5) is 0 Å². The smallest absolute Gasteiger partial charge is 0.237 e. The molecule has 0 saturated heterocycles. The van der Waals surface area contributed by atoms with E-state index < -0.39 is 0 Å². The normalized spacial score (nSPS) is 10.8. The van der Waals surface area contributed by atoms with Crippen molar-refractivity contribution in [1.29, 1.82) is 0 Å². The molecule has 1 amide bonds. The third-order valence-electron chi connectivity index (χ3n) is 3.97. The molecule has 0 aliphatic rings. The Hall–Kier alpha value is -2.17. The zero-order valence-electron chi connectivity index (χ0n) is 14.3. The van der Waals surface area contributed by atoms with Crippen LogP contribution in [-0.2, 0) is 17.9 Å². The van der Waals surface area contributed by atoms with E-state index in [4.69, 9.17) is 0 Å². The molecule has 4 nitrogen and oxygen atoms in total. The van der Waals surface area contributed by atoms with E-state index in [1.807, 2.05) is 77.4 Å². The fourth-order valence-electron chi connectivity index (χ4n) is 2.67. The predicted octanol–water partition coefficient (Wildman–Crippen LogP) is 2.53. The van der Waals surface area contributed by atoms with Crippen LogP contribution >= 0.6 is 0 Å². The van der Waals surface area contributed by atoms with Crippen LogP contribution in [-0.4, -0.2) is 47.1 Å². The van der Waals surface area contributed by atoms with Crippen LogP contribution in [0.25, 0.3) is 0 Å². The van der Waals surface area contributed by atoms with Gasteiger partial charge in [-0.05, 0) is 18.1 Å². The van der Waals surface area contributed by atoms with Crippen molar-refractivity contribution in [3.63, 3.8) is 0 Å². The Morgan fingerprint density at radius 2 is 1.46 bits per heavy atom. The van der Waals surface area contributed by atoms with Crippen LogP contribution in [0.5, 0.6) is 0 Å². The highest BCUT2D eigenvalue weighted by Gasteiger charge is 2.16. The Kier molecular flexibility index (Phi) is 7.46. The number of aliphatic hydroxyl groups excluding tert-OH is 1. The summed E-state index contributed by atoms with van der Waals surface area (Å²) in [4.78, 5) is 16.5. The summed E-state index contributed by atoms with van der Waals surface area (Å²) in [6.07, 6.45) is 0. The third kappa shape index (κ3) is 5.80. The van der Waals surface area contributed by atoms with Gasteiger partial charge in [0, 0.05) is 26.2 Å². The van der Waals surface area contributed by atoms with Gasteiger partial charge >= 0.3 is 0 Å². The molecule has 4 heteroatoms. The molecular formula is C20H26N2O2. The number of amides is 1. The molecule has 128 valence electrons. The van der Waals surface area contributed by atoms with E-state index in [1.54, 1.807) is 0 Å². The maximum atomic E-state index is 12.7. The number of likely N-dealkylation sites (N-methyl/N-ethyl adjacent to an activating group) is 1. The first-order valence-electron chi connectivity index (χ1n) is 8.41. The van der Waals surface area contributed by atoms with E-state index >= 15 is 0 Å². The minimum absolute atomic E-state index is 0.0466. The van der Waals surface area contributed by atoms with Gasteiger partial charge in [0.1, 0.15) is 0 Å². The van der Waals surface area contributed by atoms with Gasteiger partial charge in [-0.2, -0.15) is 0 Å². The molecule has 2 aromatic rings. The average molecular weight is 326 g/mol. The molecule has 0 aliphatic carbocycles. The fourth-order valence-corrected chi connectivity index (χ4v) is 2.67. The summed E-state index contributed by atoms with van der Waals surface area (Å²) >= 11 is 0. The highest BCUT2D eigenvalue weighted by atomic mass is 16.3.